The van der Waals surface area contributed by atoms with Crippen LogP contribution in [0.3, 0.4) is 0 Å². The van der Waals surface area contributed by atoms with Gasteiger partial charge in [0, 0.05) is 37.5 Å². The molecule has 0 aromatic heterocycles. The molecule has 2 heterocycles. The fraction of sp³-hybridized carbons (Fsp3) is 0.588. The molecule has 0 saturated carbocycles. The lowest BCUT2D eigenvalue weighted by Crippen LogP contribution is -2.50. The SMILES string of the molecule is O=C(c1cccc(F)c1)N1CCCSCC1CN1CCOCC1. The number of halogens is 1. The number of hydrogen-bond donors (Lipinski definition) is 0. The Balaban J connectivity index is 1.73. The molecule has 0 aliphatic carbocycles. The maximum absolute atomic E-state index is 13.4. The maximum Gasteiger partial charge on any atom is 0.254 e. The summed E-state index contributed by atoms with van der Waals surface area (Å²) in [4.78, 5) is 17.2. The molecule has 0 spiro atoms. The highest BCUT2D eigenvalue weighted by molar-refractivity contribution is 7.99. The molecule has 2 aliphatic rings. The van der Waals surface area contributed by atoms with E-state index in [0.29, 0.717) is 5.56 Å². The fourth-order valence-corrected chi connectivity index (χ4v) is 4.17. The molecule has 0 radical (unpaired) electrons. The summed E-state index contributed by atoms with van der Waals surface area (Å²) in [6.07, 6.45) is 0.991. The van der Waals surface area contributed by atoms with Gasteiger partial charge in [0.05, 0.1) is 19.3 Å². The monoisotopic (exact) mass is 338 g/mol. The molecule has 23 heavy (non-hydrogen) atoms. The zero-order valence-corrected chi connectivity index (χ0v) is 14.1. The summed E-state index contributed by atoms with van der Waals surface area (Å²) in [5.74, 6) is 1.61. The lowest BCUT2D eigenvalue weighted by atomic mass is 10.1. The van der Waals surface area contributed by atoms with Gasteiger partial charge in [0.25, 0.3) is 5.91 Å². The van der Waals surface area contributed by atoms with Crippen molar-refractivity contribution in [1.82, 2.24) is 9.80 Å². The van der Waals surface area contributed by atoms with Crippen LogP contribution in [0.1, 0.15) is 16.8 Å². The molecule has 2 fully saturated rings. The second-order valence-electron chi connectivity index (χ2n) is 6.00. The van der Waals surface area contributed by atoms with Crippen LogP contribution in [0.4, 0.5) is 4.39 Å². The van der Waals surface area contributed by atoms with E-state index < -0.39 is 0 Å². The number of benzene rings is 1. The fourth-order valence-electron chi connectivity index (χ4n) is 3.12. The summed E-state index contributed by atoms with van der Waals surface area (Å²) in [5, 5.41) is 0. The predicted octanol–water partition coefficient (Wildman–Crippen LogP) is 2.11. The van der Waals surface area contributed by atoms with E-state index in [9.17, 15) is 9.18 Å². The number of hydrogen-bond acceptors (Lipinski definition) is 4. The number of ether oxygens (including phenoxy) is 1. The van der Waals surface area contributed by atoms with Crippen molar-refractivity contribution in [3.05, 3.63) is 35.6 Å². The Bertz CT molecular complexity index is 537. The zero-order valence-electron chi connectivity index (χ0n) is 13.2. The van der Waals surface area contributed by atoms with E-state index in [1.807, 2.05) is 16.7 Å². The Morgan fingerprint density at radius 3 is 2.91 bits per heavy atom. The molecule has 1 aromatic rings. The third-order valence-corrected chi connectivity index (χ3v) is 5.54. The minimum absolute atomic E-state index is 0.0507. The molecule has 4 nitrogen and oxygen atoms in total. The van der Waals surface area contributed by atoms with Gasteiger partial charge in [-0.1, -0.05) is 6.07 Å². The standard InChI is InChI=1S/C17H23FN2O2S/c18-15-4-1-3-14(11-15)17(21)20-5-2-10-23-13-16(20)12-19-6-8-22-9-7-19/h1,3-4,11,16H,2,5-10,12-13H2. The molecule has 0 N–H and O–H groups in total. The summed E-state index contributed by atoms with van der Waals surface area (Å²) < 4.78 is 18.8. The van der Waals surface area contributed by atoms with Gasteiger partial charge in [-0.15, -0.1) is 0 Å². The molecule has 1 aromatic carbocycles. The Kier molecular flexibility index (Phi) is 5.91. The number of morpholine rings is 1. The van der Waals surface area contributed by atoms with Crippen LogP contribution in [0, 0.1) is 5.82 Å². The third kappa shape index (κ3) is 4.46. The summed E-state index contributed by atoms with van der Waals surface area (Å²) >= 11 is 1.91. The molecule has 2 saturated heterocycles. The highest BCUT2D eigenvalue weighted by Crippen LogP contribution is 2.20. The van der Waals surface area contributed by atoms with Crippen LogP contribution in [-0.2, 0) is 4.74 Å². The summed E-state index contributed by atoms with van der Waals surface area (Å²) in [6.45, 7) is 4.98. The van der Waals surface area contributed by atoms with E-state index in [-0.39, 0.29) is 17.8 Å². The van der Waals surface area contributed by atoms with Crippen LogP contribution < -0.4 is 0 Å². The molecule has 1 amide bonds. The molecule has 126 valence electrons. The number of carbonyl (C=O) groups is 1. The summed E-state index contributed by atoms with van der Waals surface area (Å²) in [6, 6.07) is 6.20. The summed E-state index contributed by atoms with van der Waals surface area (Å²) in [5.41, 5.74) is 0.448. The third-order valence-electron chi connectivity index (χ3n) is 4.34. The number of amides is 1. The number of carbonyl (C=O) groups excluding carboxylic acids is 1. The van der Waals surface area contributed by atoms with Crippen LogP contribution in [0.15, 0.2) is 24.3 Å². The number of thioether (sulfide) groups is 1. The van der Waals surface area contributed by atoms with Gasteiger partial charge in [-0.2, -0.15) is 11.8 Å². The van der Waals surface area contributed by atoms with Crippen LogP contribution in [0.2, 0.25) is 0 Å². The molecule has 2 aliphatic heterocycles. The van der Waals surface area contributed by atoms with Crippen molar-refractivity contribution in [2.24, 2.45) is 0 Å². The maximum atomic E-state index is 13.4. The predicted molar refractivity (Wildman–Crippen MR) is 90.4 cm³/mol. The average Bonchev–Trinajstić information content (AvgIpc) is 2.81. The van der Waals surface area contributed by atoms with Gasteiger partial charge >= 0.3 is 0 Å². The van der Waals surface area contributed by atoms with Crippen molar-refractivity contribution in [3.63, 3.8) is 0 Å². The molecule has 6 heteroatoms. The molecular weight excluding hydrogens is 315 g/mol. The number of rotatable bonds is 3. The van der Waals surface area contributed by atoms with Crippen molar-refractivity contribution in [1.29, 1.82) is 0 Å². The first-order valence-electron chi connectivity index (χ1n) is 8.18. The van der Waals surface area contributed by atoms with Crippen molar-refractivity contribution >= 4 is 17.7 Å². The molecule has 1 atom stereocenters. The lowest BCUT2D eigenvalue weighted by molar-refractivity contribution is 0.0245. The van der Waals surface area contributed by atoms with Crippen molar-refractivity contribution in [3.8, 4) is 0 Å². The van der Waals surface area contributed by atoms with Crippen LogP contribution in [-0.4, -0.2) is 72.6 Å². The van der Waals surface area contributed by atoms with E-state index in [0.717, 1.165) is 57.3 Å². The second-order valence-corrected chi connectivity index (χ2v) is 7.15. The molecule has 3 rings (SSSR count). The van der Waals surface area contributed by atoms with Crippen molar-refractivity contribution in [2.45, 2.75) is 12.5 Å². The lowest BCUT2D eigenvalue weighted by Gasteiger charge is -2.35. The average molecular weight is 338 g/mol. The first kappa shape index (κ1) is 16.7. The minimum atomic E-state index is -0.357. The Labute approximate surface area is 141 Å². The topological polar surface area (TPSA) is 32.8 Å². The van der Waals surface area contributed by atoms with Gasteiger partial charge in [-0.3, -0.25) is 9.69 Å². The molecule has 0 bridgehead atoms. The van der Waals surface area contributed by atoms with Gasteiger partial charge in [-0.25, -0.2) is 4.39 Å². The summed E-state index contributed by atoms with van der Waals surface area (Å²) in [7, 11) is 0. The van der Waals surface area contributed by atoms with Gasteiger partial charge in [0.2, 0.25) is 0 Å². The van der Waals surface area contributed by atoms with E-state index in [4.69, 9.17) is 4.74 Å². The van der Waals surface area contributed by atoms with Gasteiger partial charge < -0.3 is 9.64 Å². The quantitative estimate of drug-likeness (QED) is 0.845. The van der Waals surface area contributed by atoms with Gasteiger partial charge in [-0.05, 0) is 30.4 Å². The second kappa shape index (κ2) is 8.13. The zero-order chi connectivity index (χ0) is 16.1. The normalized spacial score (nSPS) is 23.5. The van der Waals surface area contributed by atoms with Gasteiger partial charge in [0.1, 0.15) is 5.82 Å². The van der Waals surface area contributed by atoms with Crippen LogP contribution in [0.25, 0.3) is 0 Å². The van der Waals surface area contributed by atoms with Crippen molar-refractivity contribution in [2.75, 3.05) is 50.9 Å². The Hall–Kier alpha value is -1.11. The van der Waals surface area contributed by atoms with Crippen LogP contribution in [0.5, 0.6) is 0 Å². The Morgan fingerprint density at radius 2 is 2.13 bits per heavy atom. The largest absolute Gasteiger partial charge is 0.379 e. The first-order valence-corrected chi connectivity index (χ1v) is 9.34. The van der Waals surface area contributed by atoms with Crippen molar-refractivity contribution < 1.29 is 13.9 Å². The minimum Gasteiger partial charge on any atom is -0.379 e. The highest BCUT2D eigenvalue weighted by atomic mass is 32.2. The van der Waals surface area contributed by atoms with E-state index in [1.165, 1.54) is 12.1 Å². The van der Waals surface area contributed by atoms with E-state index >= 15 is 0 Å². The number of nitrogens with zero attached hydrogens (tertiary/aromatic N) is 2. The van der Waals surface area contributed by atoms with E-state index in [2.05, 4.69) is 4.90 Å². The molecular formula is C17H23FN2O2S. The smallest absolute Gasteiger partial charge is 0.254 e. The van der Waals surface area contributed by atoms with Crippen LogP contribution >= 0.6 is 11.8 Å². The van der Waals surface area contributed by atoms with Gasteiger partial charge in [0.15, 0.2) is 0 Å². The highest BCUT2D eigenvalue weighted by Gasteiger charge is 2.28. The first-order chi connectivity index (χ1) is 11.2. The van der Waals surface area contributed by atoms with E-state index in [1.54, 1.807) is 12.1 Å². The Morgan fingerprint density at radius 1 is 1.30 bits per heavy atom. The molecule has 1 unspecified atom stereocenters.